The molecule has 17 heteroatoms. The number of allylic oxidation sites excluding steroid dienone is 1. The fraction of sp³-hybridized carbons (Fsp3) is 0.419. The fourth-order valence-electron chi connectivity index (χ4n) is 7.53. The molecule has 5 N–H and O–H groups in total. The first-order valence-electron chi connectivity index (χ1n) is 20.2. The highest BCUT2D eigenvalue weighted by Crippen LogP contribution is 2.33. The lowest BCUT2D eigenvalue weighted by molar-refractivity contribution is -0.109. The minimum absolute atomic E-state index is 0.297. The zero-order chi connectivity index (χ0) is 43.0. The minimum Gasteiger partial charge on any atom is -0.482 e. The summed E-state index contributed by atoms with van der Waals surface area (Å²) in [6.45, 7) is 10.8. The van der Waals surface area contributed by atoms with Gasteiger partial charge in [-0.3, -0.25) is 28.6 Å². The van der Waals surface area contributed by atoms with Gasteiger partial charge in [-0.2, -0.15) is 20.1 Å². The number of fused-ring (bicyclic) bond motifs is 1. The summed E-state index contributed by atoms with van der Waals surface area (Å²) in [5.74, 6) is 2.68. The van der Waals surface area contributed by atoms with Gasteiger partial charge in [0.1, 0.15) is 6.10 Å². The van der Waals surface area contributed by atoms with Gasteiger partial charge in [-0.15, -0.1) is 0 Å². The van der Waals surface area contributed by atoms with Crippen LogP contribution in [0.2, 0.25) is 0 Å². The Bertz CT molecular complexity index is 2180. The van der Waals surface area contributed by atoms with E-state index in [4.69, 9.17) is 26.0 Å². The van der Waals surface area contributed by atoms with Gasteiger partial charge in [0.15, 0.2) is 17.4 Å². The molecule has 2 aliphatic rings. The number of nitrogens with two attached hydrogens (primary N) is 2. The van der Waals surface area contributed by atoms with Crippen LogP contribution < -0.4 is 31.3 Å². The molecule has 320 valence electrons. The summed E-state index contributed by atoms with van der Waals surface area (Å²) < 4.78 is 17.7. The van der Waals surface area contributed by atoms with Crippen molar-refractivity contribution in [3.8, 4) is 11.4 Å². The first kappa shape index (κ1) is 44.7. The highest BCUT2D eigenvalue weighted by atomic mass is 19.1. The molecule has 5 heterocycles. The fourth-order valence-corrected chi connectivity index (χ4v) is 7.53. The molecule has 0 saturated carbocycles. The maximum absolute atomic E-state index is 11.7. The van der Waals surface area contributed by atoms with E-state index in [2.05, 4.69) is 60.5 Å². The van der Waals surface area contributed by atoms with Crippen LogP contribution in [0.5, 0.6) is 5.75 Å². The van der Waals surface area contributed by atoms with Crippen LogP contribution in [-0.4, -0.2) is 114 Å². The molecule has 2 aromatic carbocycles. The molecule has 1 unspecified atom stereocenters. The number of carbonyl (C=O) groups is 2. The van der Waals surface area contributed by atoms with E-state index in [0.29, 0.717) is 43.5 Å². The molecule has 7 rings (SSSR count). The topological polar surface area (TPSA) is 191 Å². The molecule has 2 saturated heterocycles. The van der Waals surface area contributed by atoms with Crippen LogP contribution in [-0.2, 0) is 16.6 Å². The standard InChI is InChI=1S/C40H50N12O2.C2H5NO.CH3F/c1-4-15-50(27-53)40-35-10-9-33(19-37(35)48(3)47-40)51-25-30(26-51)24-49-16-11-29(12-17-49)21-43-22-32(20-41)31-18-38(39(42)44-23-31)54-28(2)34-7-5-6-8-36(34)52-45-13-14-46-52;1-3-2-4;1-2/h5-10,13-14,18-20,22-23,27-30H,4,11-12,15-17,21,24-26,41H2,1-3H3,(H2,42,44);2H,1H3,(H,3,4);1H3/b32-20+,43-22?;;. The van der Waals surface area contributed by atoms with Crippen LogP contribution in [0, 0.1) is 11.8 Å². The van der Waals surface area contributed by atoms with Crippen molar-refractivity contribution in [1.82, 2.24) is 40.0 Å². The van der Waals surface area contributed by atoms with Crippen molar-refractivity contribution in [3.63, 3.8) is 0 Å². The molecule has 60 heavy (non-hydrogen) atoms. The summed E-state index contributed by atoms with van der Waals surface area (Å²) >= 11 is 0. The highest BCUT2D eigenvalue weighted by molar-refractivity contribution is 6.09. The number of nitrogens with one attached hydrogen (secondary N) is 1. The number of pyridine rings is 1. The van der Waals surface area contributed by atoms with Crippen molar-refractivity contribution in [2.45, 2.75) is 39.2 Å². The Hall–Kier alpha value is -6.36. The van der Waals surface area contributed by atoms with E-state index in [0.717, 1.165) is 104 Å². The van der Waals surface area contributed by atoms with Crippen LogP contribution in [0.25, 0.3) is 22.2 Å². The van der Waals surface area contributed by atoms with Crippen molar-refractivity contribution in [3.05, 3.63) is 84.4 Å². The number of nitrogen functional groups attached to an aromatic ring is 1. The quantitative estimate of drug-likeness (QED) is 0.0915. The van der Waals surface area contributed by atoms with Gasteiger partial charge < -0.3 is 31.3 Å². The van der Waals surface area contributed by atoms with Crippen molar-refractivity contribution in [2.75, 3.05) is 75.6 Å². The molecular weight excluding hydrogens is 766 g/mol. The summed E-state index contributed by atoms with van der Waals surface area (Å²) in [6.07, 6.45) is 12.7. The Morgan fingerprint density at radius 2 is 1.80 bits per heavy atom. The predicted molar refractivity (Wildman–Crippen MR) is 236 cm³/mol. The van der Waals surface area contributed by atoms with Crippen LogP contribution >= 0.6 is 0 Å². The van der Waals surface area contributed by atoms with Crippen LogP contribution in [0.15, 0.2) is 78.3 Å². The highest BCUT2D eigenvalue weighted by Gasteiger charge is 2.31. The van der Waals surface area contributed by atoms with Crippen LogP contribution in [0.1, 0.15) is 50.3 Å². The van der Waals surface area contributed by atoms with Crippen molar-refractivity contribution >= 4 is 52.8 Å². The summed E-state index contributed by atoms with van der Waals surface area (Å²) in [6, 6.07) is 16.2. The first-order valence-corrected chi connectivity index (χ1v) is 20.2. The molecule has 0 aliphatic carbocycles. The normalized spacial score (nSPS) is 15.4. The van der Waals surface area contributed by atoms with E-state index in [1.54, 1.807) is 41.5 Å². The molecule has 2 amide bonds. The Kier molecular flexibility index (Phi) is 16.5. The number of hydrogen-bond acceptors (Lipinski definition) is 12. The molecule has 0 bridgehead atoms. The summed E-state index contributed by atoms with van der Waals surface area (Å²) in [5, 5.41) is 16.5. The smallest absolute Gasteiger partial charge is 0.215 e. The van der Waals surface area contributed by atoms with E-state index < -0.39 is 0 Å². The minimum atomic E-state index is -0.344. The Labute approximate surface area is 351 Å². The third-order valence-corrected chi connectivity index (χ3v) is 10.6. The van der Waals surface area contributed by atoms with Gasteiger partial charge >= 0.3 is 0 Å². The first-order chi connectivity index (χ1) is 29.3. The van der Waals surface area contributed by atoms with Gasteiger partial charge in [0.2, 0.25) is 12.8 Å². The molecule has 5 aromatic rings. The second kappa shape index (κ2) is 22.1. The lowest BCUT2D eigenvalue weighted by Gasteiger charge is -2.44. The Balaban J connectivity index is 0.00000107. The number of ether oxygens (including phenoxy) is 1. The molecule has 0 radical (unpaired) electrons. The van der Waals surface area contributed by atoms with Crippen molar-refractivity contribution in [1.29, 1.82) is 0 Å². The molecule has 16 nitrogen and oxygen atoms in total. The Morgan fingerprint density at radius 1 is 1.08 bits per heavy atom. The summed E-state index contributed by atoms with van der Waals surface area (Å²) in [5.41, 5.74) is 17.9. The largest absolute Gasteiger partial charge is 0.482 e. The van der Waals surface area contributed by atoms with Gasteiger partial charge in [-0.05, 0) is 75.5 Å². The zero-order valence-corrected chi connectivity index (χ0v) is 35.2. The Morgan fingerprint density at radius 3 is 2.47 bits per heavy atom. The number of aromatic nitrogens is 6. The number of alkyl halides is 1. The molecule has 3 aromatic heterocycles. The van der Waals surface area contributed by atoms with E-state index in [1.165, 1.54) is 5.69 Å². The SMILES string of the molecule is CCCN(C=O)c1nn(C)c2cc(N3CC(CN4CCC(CN=C/C(=C\N)c5cnc(N)c(OC(C)c6ccccc6-n6nccn6)c5)CC4)C3)ccc12.CF.CNC=O. The molecule has 0 spiro atoms. The van der Waals surface area contributed by atoms with Crippen LogP contribution in [0.3, 0.4) is 0 Å². The number of para-hydroxylation sites is 1. The maximum atomic E-state index is 11.7. The number of likely N-dealkylation sites (tertiary alicyclic amines) is 1. The average Bonchev–Trinajstić information content (AvgIpc) is 3.93. The van der Waals surface area contributed by atoms with E-state index in [-0.39, 0.29) is 6.10 Å². The number of hydrogen-bond donors (Lipinski definition) is 3. The second-order valence-electron chi connectivity index (χ2n) is 14.7. The monoisotopic (exact) mass is 823 g/mol. The van der Waals surface area contributed by atoms with Gasteiger partial charge in [-0.1, -0.05) is 25.1 Å². The number of nitrogens with zero attached hydrogens (tertiary/aromatic N) is 10. The number of rotatable bonds is 16. The average molecular weight is 824 g/mol. The summed E-state index contributed by atoms with van der Waals surface area (Å²) in [4.78, 5) is 38.3. The van der Waals surface area contributed by atoms with E-state index in [9.17, 15) is 9.18 Å². The zero-order valence-electron chi connectivity index (χ0n) is 35.2. The number of carbonyl (C=O) groups excluding carboxylic acids is 2. The van der Waals surface area contributed by atoms with Gasteiger partial charge in [0.25, 0.3) is 0 Å². The van der Waals surface area contributed by atoms with Crippen molar-refractivity contribution in [2.24, 2.45) is 29.6 Å². The lowest BCUT2D eigenvalue weighted by Crippen LogP contribution is -2.52. The third kappa shape index (κ3) is 11.0. The number of aryl methyl sites for hydroxylation is 1. The van der Waals surface area contributed by atoms with Gasteiger partial charge in [0.05, 0.1) is 30.8 Å². The number of anilines is 3. The number of benzene rings is 2. The van der Waals surface area contributed by atoms with E-state index >= 15 is 0 Å². The van der Waals surface area contributed by atoms with Crippen LogP contribution in [0.4, 0.5) is 21.7 Å². The van der Waals surface area contributed by atoms with Gasteiger partial charge in [-0.25, -0.2) is 4.98 Å². The van der Waals surface area contributed by atoms with Gasteiger partial charge in [0, 0.05) is 99.1 Å². The van der Waals surface area contributed by atoms with Crippen molar-refractivity contribution < 1.29 is 18.7 Å². The lowest BCUT2D eigenvalue weighted by atomic mass is 9.93. The summed E-state index contributed by atoms with van der Waals surface area (Å²) in [7, 11) is 4.01. The van der Waals surface area contributed by atoms with E-state index in [1.807, 2.05) is 55.2 Å². The molecule has 2 aliphatic heterocycles. The molecule has 2 fully saturated rings. The number of halogens is 1. The predicted octanol–water partition coefficient (Wildman–Crippen LogP) is 4.81. The maximum Gasteiger partial charge on any atom is 0.215 e. The molecule has 1 atom stereocenters. The number of amides is 2. The second-order valence-corrected chi connectivity index (χ2v) is 14.7. The number of aliphatic imine (C=N–C) groups is 1. The molecular formula is C43H58FN13O3. The number of piperidine rings is 1. The third-order valence-electron chi connectivity index (χ3n) is 10.6.